The summed E-state index contributed by atoms with van der Waals surface area (Å²) in [6.07, 6.45) is 7.11. The number of nitrogens with one attached hydrogen (secondary N) is 1. The summed E-state index contributed by atoms with van der Waals surface area (Å²) in [5, 5.41) is 3.60. The minimum Gasteiger partial charge on any atom is -0.309 e. The van der Waals surface area contributed by atoms with E-state index in [1.54, 1.807) is 0 Å². The van der Waals surface area contributed by atoms with Gasteiger partial charge in [-0.2, -0.15) is 0 Å². The van der Waals surface area contributed by atoms with E-state index in [4.69, 9.17) is 0 Å². The van der Waals surface area contributed by atoms with Gasteiger partial charge in [0.25, 0.3) is 0 Å². The Morgan fingerprint density at radius 2 is 2.12 bits per heavy atom. The fourth-order valence-electron chi connectivity index (χ4n) is 2.02. The molecule has 0 saturated heterocycles. The predicted octanol–water partition coefficient (Wildman–Crippen LogP) is 3.95. The van der Waals surface area contributed by atoms with Crippen LogP contribution in [0, 0.1) is 5.92 Å². The van der Waals surface area contributed by atoms with E-state index in [-0.39, 0.29) is 0 Å². The van der Waals surface area contributed by atoms with Crippen molar-refractivity contribution in [1.82, 2.24) is 10.3 Å². The summed E-state index contributed by atoms with van der Waals surface area (Å²) in [6, 6.07) is 6.46. The van der Waals surface area contributed by atoms with Gasteiger partial charge >= 0.3 is 0 Å². The minimum atomic E-state index is 0.354. The third-order valence-electron chi connectivity index (χ3n) is 3.39. The van der Waals surface area contributed by atoms with Crippen molar-refractivity contribution in [2.45, 2.75) is 52.5 Å². The van der Waals surface area contributed by atoms with Crippen LogP contribution in [0.5, 0.6) is 0 Å². The Morgan fingerprint density at radius 3 is 2.71 bits per heavy atom. The number of nitrogens with zero attached hydrogens (tertiary/aromatic N) is 1. The molecule has 2 nitrogen and oxygen atoms in total. The van der Waals surface area contributed by atoms with Gasteiger partial charge in [0.2, 0.25) is 0 Å². The summed E-state index contributed by atoms with van der Waals surface area (Å²) in [7, 11) is 0. The largest absolute Gasteiger partial charge is 0.309 e. The molecule has 96 valence electrons. The van der Waals surface area contributed by atoms with Crippen molar-refractivity contribution in [3.8, 4) is 0 Å². The van der Waals surface area contributed by atoms with E-state index in [0.717, 1.165) is 18.2 Å². The molecule has 1 rings (SSSR count). The highest BCUT2D eigenvalue weighted by molar-refractivity contribution is 5.07. The third-order valence-corrected chi connectivity index (χ3v) is 3.39. The summed E-state index contributed by atoms with van der Waals surface area (Å²) in [5.74, 6) is 0.807. The third kappa shape index (κ3) is 5.31. The number of hydrogen-bond acceptors (Lipinski definition) is 2. The molecule has 2 heteroatoms. The Morgan fingerprint density at radius 1 is 1.29 bits per heavy atom. The average Bonchev–Trinajstić information content (AvgIpc) is 2.39. The number of pyridine rings is 1. The molecular formula is C15H26N2. The van der Waals surface area contributed by atoms with Gasteiger partial charge in [0.05, 0.1) is 5.69 Å². The quantitative estimate of drug-likeness (QED) is 0.736. The molecule has 0 saturated carbocycles. The Kier molecular flexibility index (Phi) is 6.87. The van der Waals surface area contributed by atoms with Crippen LogP contribution in [-0.2, 0) is 0 Å². The molecule has 0 bridgehead atoms. The molecule has 0 fully saturated rings. The van der Waals surface area contributed by atoms with Crippen molar-refractivity contribution < 1.29 is 0 Å². The van der Waals surface area contributed by atoms with Crippen molar-refractivity contribution in [3.05, 3.63) is 30.1 Å². The van der Waals surface area contributed by atoms with E-state index in [9.17, 15) is 0 Å². The highest BCUT2D eigenvalue weighted by atomic mass is 14.9. The molecule has 1 unspecified atom stereocenters. The highest BCUT2D eigenvalue weighted by Crippen LogP contribution is 2.14. The van der Waals surface area contributed by atoms with Gasteiger partial charge in [-0.1, -0.05) is 39.2 Å². The van der Waals surface area contributed by atoms with Gasteiger partial charge in [0, 0.05) is 12.2 Å². The zero-order chi connectivity index (χ0) is 12.5. The number of aromatic nitrogens is 1. The van der Waals surface area contributed by atoms with Gasteiger partial charge in [0.15, 0.2) is 0 Å². The second-order valence-electron chi connectivity index (χ2n) is 4.80. The lowest BCUT2D eigenvalue weighted by molar-refractivity contribution is 0.396. The lowest BCUT2D eigenvalue weighted by Gasteiger charge is -2.19. The van der Waals surface area contributed by atoms with Gasteiger partial charge in [0.1, 0.15) is 0 Å². The van der Waals surface area contributed by atoms with E-state index in [1.807, 2.05) is 12.3 Å². The Balaban J connectivity index is 2.33. The van der Waals surface area contributed by atoms with Crippen LogP contribution in [0.4, 0.5) is 0 Å². The standard InChI is InChI=1S/C15H26N2/c1-4-6-9-14(5-2)12-17-13(3)15-10-7-8-11-16-15/h7-8,10-11,13-14,17H,4-6,9,12H2,1-3H3/t13-,14?/m1/s1. The van der Waals surface area contributed by atoms with Gasteiger partial charge in [-0.15, -0.1) is 0 Å². The van der Waals surface area contributed by atoms with Gasteiger partial charge < -0.3 is 5.32 Å². The van der Waals surface area contributed by atoms with E-state index < -0.39 is 0 Å². The Hall–Kier alpha value is -0.890. The zero-order valence-corrected chi connectivity index (χ0v) is 11.4. The number of unbranched alkanes of at least 4 members (excludes halogenated alkanes) is 1. The van der Waals surface area contributed by atoms with Crippen molar-refractivity contribution in [1.29, 1.82) is 0 Å². The fourth-order valence-corrected chi connectivity index (χ4v) is 2.02. The molecule has 1 N–H and O–H groups in total. The van der Waals surface area contributed by atoms with Crippen molar-refractivity contribution in [2.75, 3.05) is 6.54 Å². The molecule has 0 aliphatic heterocycles. The summed E-state index contributed by atoms with van der Waals surface area (Å²) < 4.78 is 0. The number of hydrogen-bond donors (Lipinski definition) is 1. The molecule has 0 spiro atoms. The van der Waals surface area contributed by atoms with Crippen LogP contribution < -0.4 is 5.32 Å². The molecule has 0 aromatic carbocycles. The van der Waals surface area contributed by atoms with E-state index in [2.05, 4.69) is 43.2 Å². The molecule has 1 aromatic heterocycles. The van der Waals surface area contributed by atoms with Crippen LogP contribution in [0.3, 0.4) is 0 Å². The molecule has 2 atom stereocenters. The number of rotatable bonds is 8. The first-order valence-electron chi connectivity index (χ1n) is 6.92. The molecule has 0 aliphatic carbocycles. The lowest BCUT2D eigenvalue weighted by Crippen LogP contribution is -2.26. The Bertz CT molecular complexity index is 284. The first-order chi connectivity index (χ1) is 8.27. The first kappa shape index (κ1) is 14.2. The van der Waals surface area contributed by atoms with Crippen LogP contribution in [0.15, 0.2) is 24.4 Å². The minimum absolute atomic E-state index is 0.354. The molecule has 0 amide bonds. The van der Waals surface area contributed by atoms with E-state index in [0.29, 0.717) is 6.04 Å². The maximum atomic E-state index is 4.38. The van der Waals surface area contributed by atoms with Crippen LogP contribution in [-0.4, -0.2) is 11.5 Å². The SMILES string of the molecule is CCCCC(CC)CN[C@H](C)c1ccccn1. The Labute approximate surface area is 106 Å². The van der Waals surface area contributed by atoms with E-state index in [1.165, 1.54) is 25.7 Å². The van der Waals surface area contributed by atoms with Gasteiger partial charge in [-0.25, -0.2) is 0 Å². The normalized spacial score (nSPS) is 14.5. The summed E-state index contributed by atoms with van der Waals surface area (Å²) in [5.41, 5.74) is 1.14. The summed E-state index contributed by atoms with van der Waals surface area (Å²) >= 11 is 0. The smallest absolute Gasteiger partial charge is 0.0570 e. The lowest BCUT2D eigenvalue weighted by atomic mass is 9.99. The summed E-state index contributed by atoms with van der Waals surface area (Å²) in [4.78, 5) is 4.38. The summed E-state index contributed by atoms with van der Waals surface area (Å²) in [6.45, 7) is 7.84. The van der Waals surface area contributed by atoms with Crippen LogP contribution in [0.25, 0.3) is 0 Å². The van der Waals surface area contributed by atoms with Crippen LogP contribution in [0.2, 0.25) is 0 Å². The van der Waals surface area contributed by atoms with E-state index >= 15 is 0 Å². The van der Waals surface area contributed by atoms with Crippen molar-refractivity contribution >= 4 is 0 Å². The topological polar surface area (TPSA) is 24.9 Å². The van der Waals surface area contributed by atoms with Gasteiger partial charge in [-0.05, 0) is 37.9 Å². The first-order valence-corrected chi connectivity index (χ1v) is 6.92. The molecule has 17 heavy (non-hydrogen) atoms. The zero-order valence-electron chi connectivity index (χ0n) is 11.4. The fraction of sp³-hybridized carbons (Fsp3) is 0.667. The van der Waals surface area contributed by atoms with Crippen LogP contribution >= 0.6 is 0 Å². The maximum Gasteiger partial charge on any atom is 0.0570 e. The van der Waals surface area contributed by atoms with Gasteiger partial charge in [-0.3, -0.25) is 4.98 Å². The second-order valence-corrected chi connectivity index (χ2v) is 4.80. The molecule has 1 aromatic rings. The van der Waals surface area contributed by atoms with Crippen LogP contribution in [0.1, 0.15) is 58.2 Å². The molecule has 0 radical (unpaired) electrons. The van der Waals surface area contributed by atoms with Crippen molar-refractivity contribution in [2.24, 2.45) is 5.92 Å². The molecular weight excluding hydrogens is 208 g/mol. The molecule has 1 heterocycles. The maximum absolute atomic E-state index is 4.38. The highest BCUT2D eigenvalue weighted by Gasteiger charge is 2.09. The second kappa shape index (κ2) is 8.24. The molecule has 0 aliphatic rings. The van der Waals surface area contributed by atoms with Crippen molar-refractivity contribution in [3.63, 3.8) is 0 Å². The monoisotopic (exact) mass is 234 g/mol. The predicted molar refractivity (Wildman–Crippen MR) is 74.0 cm³/mol. The average molecular weight is 234 g/mol.